The monoisotopic (exact) mass is 524 g/mol. The molecule has 0 unspecified atom stereocenters. The van der Waals surface area contributed by atoms with Crippen LogP contribution in [0.3, 0.4) is 0 Å². The number of aromatic carboxylic acids is 4. The fourth-order valence-electron chi connectivity index (χ4n) is 4.87. The predicted octanol–water partition coefficient (Wildman–Crippen LogP) is 5.45. The Balaban J connectivity index is 0.000000158. The second kappa shape index (κ2) is 9.34. The van der Waals surface area contributed by atoms with Crippen LogP contribution in [0.1, 0.15) is 41.4 Å². The molecule has 6 aromatic rings. The van der Waals surface area contributed by atoms with Crippen molar-refractivity contribution in [2.24, 2.45) is 7.05 Å². The minimum atomic E-state index is -1.03. The van der Waals surface area contributed by atoms with Crippen LogP contribution in [0.5, 0.6) is 0 Å². The van der Waals surface area contributed by atoms with E-state index in [0.29, 0.717) is 16.6 Å². The summed E-state index contributed by atoms with van der Waals surface area (Å²) in [7, 11) is 1.68. The van der Waals surface area contributed by atoms with Gasteiger partial charge >= 0.3 is 23.9 Å². The molecular weight excluding hydrogens is 504 g/mol. The molecule has 0 bridgehead atoms. The highest BCUT2D eigenvalue weighted by Gasteiger charge is 2.19. The Morgan fingerprint density at radius 3 is 1.59 bits per heavy atom. The first kappa shape index (κ1) is 25.0. The molecule has 2 aromatic heterocycles. The van der Waals surface area contributed by atoms with E-state index in [9.17, 15) is 29.4 Å². The van der Waals surface area contributed by atoms with E-state index < -0.39 is 23.9 Å². The van der Waals surface area contributed by atoms with Crippen molar-refractivity contribution >= 4 is 67.5 Å². The van der Waals surface area contributed by atoms with Crippen LogP contribution in [0.15, 0.2) is 72.8 Å². The maximum atomic E-state index is 11.3. The zero-order valence-electron chi connectivity index (χ0n) is 20.3. The van der Waals surface area contributed by atoms with E-state index in [1.54, 1.807) is 54.1 Å². The summed E-state index contributed by atoms with van der Waals surface area (Å²) < 4.78 is 1.64. The van der Waals surface area contributed by atoms with Crippen LogP contribution in [-0.2, 0) is 7.05 Å². The Hall–Kier alpha value is -5.64. The van der Waals surface area contributed by atoms with Crippen molar-refractivity contribution in [3.05, 3.63) is 95.1 Å². The molecule has 10 nitrogen and oxygen atoms in total. The molecule has 0 radical (unpaired) electrons. The number of carboxylic acids is 4. The Morgan fingerprint density at radius 1 is 0.564 bits per heavy atom. The normalized spacial score (nSPS) is 11.0. The van der Waals surface area contributed by atoms with Gasteiger partial charge in [0.05, 0.1) is 33.3 Å². The van der Waals surface area contributed by atoms with Crippen LogP contribution in [0.4, 0.5) is 0 Å². The van der Waals surface area contributed by atoms with Crippen molar-refractivity contribution in [2.45, 2.75) is 0 Å². The lowest BCUT2D eigenvalue weighted by atomic mass is 10.1. The zero-order valence-corrected chi connectivity index (χ0v) is 20.3. The van der Waals surface area contributed by atoms with E-state index in [1.807, 2.05) is 0 Å². The van der Waals surface area contributed by atoms with E-state index in [-0.39, 0.29) is 22.3 Å². The average Bonchev–Trinajstić information content (AvgIpc) is 3.43. The molecule has 194 valence electrons. The van der Waals surface area contributed by atoms with Gasteiger partial charge in [0.15, 0.2) is 0 Å². The van der Waals surface area contributed by atoms with Crippen molar-refractivity contribution in [3.63, 3.8) is 0 Å². The zero-order chi connectivity index (χ0) is 28.0. The van der Waals surface area contributed by atoms with Crippen LogP contribution in [0.25, 0.3) is 43.6 Å². The van der Waals surface area contributed by atoms with Crippen molar-refractivity contribution in [2.75, 3.05) is 0 Å². The number of aryl methyl sites for hydroxylation is 1. The van der Waals surface area contributed by atoms with Gasteiger partial charge in [-0.05, 0) is 42.5 Å². The SMILES string of the molecule is Cn1c2c(C(=O)O)cccc2c2cccc(C(=O)O)c21.O=C(O)c1ccc2c(c1)[nH]c1ccc(C(=O)O)cc12. The fourth-order valence-corrected chi connectivity index (χ4v) is 4.87. The number of para-hydroxylation sites is 2. The standard InChI is InChI=1S/C15H11NO4.C14H9NO4/c1-16-12-8(4-2-6-10(12)14(17)18)9-5-3-7-11(13(9)16)15(19)20;16-13(17)7-2-4-11-10(5-7)9-3-1-8(14(18)19)6-12(9)15-11/h2-7H,1H3,(H,17,18)(H,19,20);1-6,15H,(H,16,17)(H,18,19). The number of nitrogens with one attached hydrogen (secondary N) is 1. The number of nitrogens with zero attached hydrogens (tertiary/aromatic N) is 1. The van der Waals surface area contributed by atoms with Crippen LogP contribution < -0.4 is 0 Å². The fraction of sp³-hybridized carbons (Fsp3) is 0.0345. The minimum absolute atomic E-state index is 0.164. The maximum absolute atomic E-state index is 11.3. The summed E-state index contributed by atoms with van der Waals surface area (Å²) >= 11 is 0. The number of rotatable bonds is 4. The number of hydrogen-bond acceptors (Lipinski definition) is 4. The molecule has 10 heteroatoms. The van der Waals surface area contributed by atoms with Crippen molar-refractivity contribution < 1.29 is 39.6 Å². The first-order valence-electron chi connectivity index (χ1n) is 11.6. The van der Waals surface area contributed by atoms with Crippen LogP contribution >= 0.6 is 0 Å². The number of fused-ring (bicyclic) bond motifs is 6. The predicted molar refractivity (Wildman–Crippen MR) is 144 cm³/mol. The highest BCUT2D eigenvalue weighted by atomic mass is 16.4. The van der Waals surface area contributed by atoms with E-state index in [4.69, 9.17) is 10.2 Å². The van der Waals surface area contributed by atoms with Crippen molar-refractivity contribution in [1.82, 2.24) is 9.55 Å². The van der Waals surface area contributed by atoms with E-state index in [2.05, 4.69) is 4.98 Å². The third-order valence-corrected chi connectivity index (χ3v) is 6.59. The quantitative estimate of drug-likeness (QED) is 0.203. The molecule has 0 aliphatic heterocycles. The van der Waals surface area contributed by atoms with Gasteiger partial charge in [-0.1, -0.05) is 30.3 Å². The summed E-state index contributed by atoms with van der Waals surface area (Å²) in [6.45, 7) is 0. The lowest BCUT2D eigenvalue weighted by Gasteiger charge is -2.03. The van der Waals surface area contributed by atoms with Gasteiger partial charge in [-0.25, -0.2) is 19.2 Å². The number of aromatic nitrogens is 2. The number of aromatic amines is 1. The van der Waals surface area contributed by atoms with Gasteiger partial charge in [-0.3, -0.25) is 0 Å². The second-order valence-corrected chi connectivity index (χ2v) is 8.83. The van der Waals surface area contributed by atoms with Gasteiger partial charge < -0.3 is 30.0 Å². The number of carboxylic acid groups (broad SMARTS) is 4. The second-order valence-electron chi connectivity index (χ2n) is 8.83. The Kier molecular flexibility index (Phi) is 6.00. The third-order valence-electron chi connectivity index (χ3n) is 6.59. The van der Waals surface area contributed by atoms with Gasteiger partial charge in [0.25, 0.3) is 0 Å². The van der Waals surface area contributed by atoms with Crippen LogP contribution in [0.2, 0.25) is 0 Å². The number of carbonyl (C=O) groups is 4. The Morgan fingerprint density at radius 2 is 1.08 bits per heavy atom. The maximum Gasteiger partial charge on any atom is 0.337 e. The Labute approximate surface area is 218 Å². The van der Waals surface area contributed by atoms with E-state index in [1.165, 1.54) is 30.3 Å². The molecule has 0 amide bonds. The van der Waals surface area contributed by atoms with Crippen LogP contribution in [-0.4, -0.2) is 53.9 Å². The third kappa shape index (κ3) is 4.19. The molecule has 39 heavy (non-hydrogen) atoms. The van der Waals surface area contributed by atoms with Gasteiger partial charge in [0.2, 0.25) is 0 Å². The van der Waals surface area contributed by atoms with E-state index >= 15 is 0 Å². The summed E-state index contributed by atoms with van der Waals surface area (Å²) in [5.74, 6) is -4.04. The molecule has 0 aliphatic rings. The highest BCUT2D eigenvalue weighted by Crippen LogP contribution is 2.32. The molecule has 5 N–H and O–H groups in total. The minimum Gasteiger partial charge on any atom is -0.478 e. The smallest absolute Gasteiger partial charge is 0.337 e. The van der Waals surface area contributed by atoms with E-state index in [0.717, 1.165) is 27.1 Å². The summed E-state index contributed by atoms with van der Waals surface area (Å²) in [5.41, 5.74) is 3.25. The number of benzene rings is 4. The molecule has 0 saturated carbocycles. The first-order chi connectivity index (χ1) is 18.6. The summed E-state index contributed by atoms with van der Waals surface area (Å²) in [4.78, 5) is 47.6. The topological polar surface area (TPSA) is 170 Å². The van der Waals surface area contributed by atoms with Gasteiger partial charge in [-0.2, -0.15) is 0 Å². The van der Waals surface area contributed by atoms with Crippen molar-refractivity contribution in [3.8, 4) is 0 Å². The lowest BCUT2D eigenvalue weighted by Crippen LogP contribution is -2.03. The van der Waals surface area contributed by atoms with Gasteiger partial charge in [0.1, 0.15) is 0 Å². The Bertz CT molecular complexity index is 1930. The van der Waals surface area contributed by atoms with Crippen molar-refractivity contribution in [1.29, 1.82) is 0 Å². The molecular formula is C29H20N2O8. The molecule has 0 spiro atoms. The summed E-state index contributed by atoms with van der Waals surface area (Å²) in [6, 6.07) is 19.5. The van der Waals surface area contributed by atoms with Gasteiger partial charge in [0, 0.05) is 39.6 Å². The summed E-state index contributed by atoms with van der Waals surface area (Å²) in [5, 5.41) is 39.6. The lowest BCUT2D eigenvalue weighted by molar-refractivity contribution is 0.0686. The average molecular weight is 524 g/mol. The number of hydrogen-bond donors (Lipinski definition) is 5. The molecule has 0 fully saturated rings. The molecule has 0 saturated heterocycles. The highest BCUT2D eigenvalue weighted by molar-refractivity contribution is 6.18. The molecule has 6 rings (SSSR count). The number of H-pyrrole nitrogens is 1. The molecule has 0 atom stereocenters. The summed E-state index contributed by atoms with van der Waals surface area (Å²) in [6.07, 6.45) is 0. The molecule has 0 aliphatic carbocycles. The first-order valence-corrected chi connectivity index (χ1v) is 11.6. The van der Waals surface area contributed by atoms with Gasteiger partial charge in [-0.15, -0.1) is 0 Å². The molecule has 4 aromatic carbocycles. The largest absolute Gasteiger partial charge is 0.478 e. The molecule has 2 heterocycles. The van der Waals surface area contributed by atoms with Crippen LogP contribution in [0, 0.1) is 0 Å².